The second-order valence-corrected chi connectivity index (χ2v) is 5.47. The van der Waals surface area contributed by atoms with Gasteiger partial charge < -0.3 is 19.4 Å². The minimum Gasteiger partial charge on any atom is -0.442 e. The Morgan fingerprint density at radius 3 is 1.95 bits per heavy atom. The van der Waals surface area contributed by atoms with Crippen LogP contribution in [0.1, 0.15) is 27.7 Å². The molecular weight excluding hydrogens is 266 g/mol. The predicted molar refractivity (Wildman–Crippen MR) is 69.7 cm³/mol. The van der Waals surface area contributed by atoms with Gasteiger partial charge in [-0.15, -0.1) is 5.48 Å². The highest BCUT2D eigenvalue weighted by Gasteiger charge is 2.24. The SMILES string of the molecule is CC(=O)N1CCN(C(=O)ONC(=O)OC(C)(C)C)CC1. The van der Waals surface area contributed by atoms with Crippen LogP contribution in [0.2, 0.25) is 0 Å². The van der Waals surface area contributed by atoms with E-state index in [1.807, 2.05) is 5.48 Å². The number of hydrogen-bond acceptors (Lipinski definition) is 5. The lowest BCUT2D eigenvalue weighted by Gasteiger charge is -2.33. The van der Waals surface area contributed by atoms with Crippen molar-refractivity contribution in [2.45, 2.75) is 33.3 Å². The summed E-state index contributed by atoms with van der Waals surface area (Å²) in [4.78, 5) is 41.8. The molecule has 0 spiro atoms. The molecule has 20 heavy (non-hydrogen) atoms. The van der Waals surface area contributed by atoms with Crippen LogP contribution in [0.4, 0.5) is 9.59 Å². The molecule has 0 unspecified atom stereocenters. The Hall–Kier alpha value is -1.99. The van der Waals surface area contributed by atoms with E-state index in [0.717, 1.165) is 0 Å². The minimum atomic E-state index is -0.826. The summed E-state index contributed by atoms with van der Waals surface area (Å²) < 4.78 is 4.93. The van der Waals surface area contributed by atoms with Crippen LogP contribution in [0, 0.1) is 0 Å². The number of carbonyl (C=O) groups excluding carboxylic acids is 3. The first-order valence-corrected chi connectivity index (χ1v) is 6.39. The quantitative estimate of drug-likeness (QED) is 0.663. The summed E-state index contributed by atoms with van der Waals surface area (Å²) in [5.41, 5.74) is 1.27. The Kier molecular flexibility index (Phi) is 5.18. The van der Waals surface area contributed by atoms with Gasteiger partial charge in [0.05, 0.1) is 0 Å². The lowest BCUT2D eigenvalue weighted by molar-refractivity contribution is -0.130. The monoisotopic (exact) mass is 287 g/mol. The normalized spacial score (nSPS) is 15.6. The maximum atomic E-state index is 11.7. The number of nitrogens with zero attached hydrogens (tertiary/aromatic N) is 2. The summed E-state index contributed by atoms with van der Waals surface area (Å²) in [7, 11) is 0. The molecule has 1 saturated heterocycles. The summed E-state index contributed by atoms with van der Waals surface area (Å²) in [6.45, 7) is 8.24. The zero-order valence-electron chi connectivity index (χ0n) is 12.3. The fourth-order valence-corrected chi connectivity index (χ4v) is 1.65. The van der Waals surface area contributed by atoms with Gasteiger partial charge in [0, 0.05) is 33.1 Å². The van der Waals surface area contributed by atoms with Gasteiger partial charge in [-0.2, -0.15) is 0 Å². The fraction of sp³-hybridized carbons (Fsp3) is 0.750. The second-order valence-electron chi connectivity index (χ2n) is 5.47. The van der Waals surface area contributed by atoms with E-state index in [4.69, 9.17) is 4.74 Å². The third-order valence-electron chi connectivity index (χ3n) is 2.60. The van der Waals surface area contributed by atoms with Crippen molar-refractivity contribution < 1.29 is 24.0 Å². The summed E-state index contributed by atoms with van der Waals surface area (Å²) in [5, 5.41) is 0. The first-order valence-electron chi connectivity index (χ1n) is 6.39. The summed E-state index contributed by atoms with van der Waals surface area (Å²) >= 11 is 0. The van der Waals surface area contributed by atoms with Crippen molar-refractivity contribution in [2.75, 3.05) is 26.2 Å². The van der Waals surface area contributed by atoms with E-state index in [0.29, 0.717) is 26.2 Å². The molecule has 1 N–H and O–H groups in total. The van der Waals surface area contributed by atoms with Gasteiger partial charge in [0.15, 0.2) is 0 Å². The molecule has 8 nitrogen and oxygen atoms in total. The van der Waals surface area contributed by atoms with E-state index in [1.54, 1.807) is 25.7 Å². The second kappa shape index (κ2) is 6.44. The van der Waals surface area contributed by atoms with Gasteiger partial charge in [-0.25, -0.2) is 9.59 Å². The number of piperazine rings is 1. The molecule has 114 valence electrons. The number of carbonyl (C=O) groups is 3. The van der Waals surface area contributed by atoms with Gasteiger partial charge in [0.1, 0.15) is 5.60 Å². The third kappa shape index (κ3) is 5.33. The van der Waals surface area contributed by atoms with Crippen molar-refractivity contribution in [3.8, 4) is 0 Å². The smallest absolute Gasteiger partial charge is 0.441 e. The highest BCUT2D eigenvalue weighted by atomic mass is 16.7. The van der Waals surface area contributed by atoms with Crippen molar-refractivity contribution >= 4 is 18.1 Å². The molecule has 0 aromatic rings. The number of hydroxylamine groups is 1. The molecule has 0 aromatic carbocycles. The van der Waals surface area contributed by atoms with Crippen molar-refractivity contribution in [3.63, 3.8) is 0 Å². The summed E-state index contributed by atoms with van der Waals surface area (Å²) in [6.07, 6.45) is -1.49. The van der Waals surface area contributed by atoms with Crippen molar-refractivity contribution in [3.05, 3.63) is 0 Å². The molecule has 1 fully saturated rings. The minimum absolute atomic E-state index is 0.0232. The zero-order chi connectivity index (χ0) is 15.3. The largest absolute Gasteiger partial charge is 0.442 e. The molecule has 1 rings (SSSR count). The van der Waals surface area contributed by atoms with Crippen LogP contribution >= 0.6 is 0 Å². The van der Waals surface area contributed by atoms with Crippen LogP contribution in [0.25, 0.3) is 0 Å². The van der Waals surface area contributed by atoms with E-state index in [9.17, 15) is 14.4 Å². The average molecular weight is 287 g/mol. The average Bonchev–Trinajstić information content (AvgIpc) is 2.34. The Bertz CT molecular complexity index is 383. The Balaban J connectivity index is 2.31. The van der Waals surface area contributed by atoms with Crippen LogP contribution in [0.5, 0.6) is 0 Å². The topological polar surface area (TPSA) is 88.2 Å². The van der Waals surface area contributed by atoms with Crippen molar-refractivity contribution in [1.82, 2.24) is 15.3 Å². The third-order valence-corrected chi connectivity index (χ3v) is 2.60. The van der Waals surface area contributed by atoms with E-state index in [2.05, 4.69) is 4.84 Å². The Labute approximate surface area is 117 Å². The molecule has 1 aliphatic heterocycles. The molecular formula is C12H21N3O5. The molecule has 0 bridgehead atoms. The van der Waals surface area contributed by atoms with Crippen LogP contribution in [-0.2, 0) is 14.4 Å². The van der Waals surface area contributed by atoms with Crippen LogP contribution in [0.3, 0.4) is 0 Å². The summed E-state index contributed by atoms with van der Waals surface area (Å²) in [5.74, 6) is -0.0232. The molecule has 3 amide bonds. The van der Waals surface area contributed by atoms with Gasteiger partial charge in [-0.05, 0) is 20.8 Å². The van der Waals surface area contributed by atoms with Gasteiger partial charge >= 0.3 is 12.2 Å². The standard InChI is InChI=1S/C12H21N3O5/c1-9(16)14-5-7-15(8-6-14)11(18)20-13-10(17)19-12(2,3)4/h5-8H2,1-4H3,(H,13,17). The predicted octanol–water partition coefficient (Wildman–Crippen LogP) is 0.727. The van der Waals surface area contributed by atoms with Crippen molar-refractivity contribution in [1.29, 1.82) is 0 Å². The zero-order valence-corrected chi connectivity index (χ0v) is 12.3. The molecule has 1 heterocycles. The first kappa shape index (κ1) is 16.1. The van der Waals surface area contributed by atoms with Gasteiger partial charge in [0.2, 0.25) is 5.91 Å². The number of ether oxygens (including phenoxy) is 1. The molecule has 8 heteroatoms. The highest BCUT2D eigenvalue weighted by molar-refractivity contribution is 5.74. The van der Waals surface area contributed by atoms with Gasteiger partial charge in [-0.3, -0.25) is 4.79 Å². The molecule has 0 aliphatic carbocycles. The van der Waals surface area contributed by atoms with Gasteiger partial charge in [-0.1, -0.05) is 0 Å². The molecule has 0 aromatic heterocycles. The molecule has 1 aliphatic rings. The van der Waals surface area contributed by atoms with Crippen molar-refractivity contribution in [2.24, 2.45) is 0 Å². The maximum absolute atomic E-state index is 11.7. The van der Waals surface area contributed by atoms with Crippen LogP contribution in [-0.4, -0.2) is 59.7 Å². The van der Waals surface area contributed by atoms with Crippen LogP contribution in [0.15, 0.2) is 0 Å². The van der Waals surface area contributed by atoms with E-state index in [-0.39, 0.29) is 5.91 Å². The highest BCUT2D eigenvalue weighted by Crippen LogP contribution is 2.07. The van der Waals surface area contributed by atoms with E-state index in [1.165, 1.54) is 11.8 Å². The Morgan fingerprint density at radius 1 is 1.00 bits per heavy atom. The van der Waals surface area contributed by atoms with Gasteiger partial charge in [0.25, 0.3) is 0 Å². The molecule has 0 saturated carbocycles. The van der Waals surface area contributed by atoms with Crippen LogP contribution < -0.4 is 5.48 Å². The first-order chi connectivity index (χ1) is 9.19. The molecule has 0 atom stereocenters. The maximum Gasteiger partial charge on any atom is 0.441 e. The van der Waals surface area contributed by atoms with E-state index < -0.39 is 17.8 Å². The number of rotatable bonds is 0. The van der Waals surface area contributed by atoms with E-state index >= 15 is 0 Å². The number of nitrogens with one attached hydrogen (secondary N) is 1. The lowest BCUT2D eigenvalue weighted by Crippen LogP contribution is -2.51. The number of amides is 3. The molecule has 0 radical (unpaired) electrons. The Morgan fingerprint density at radius 2 is 1.50 bits per heavy atom. The number of hydrogen-bond donors (Lipinski definition) is 1. The fourth-order valence-electron chi connectivity index (χ4n) is 1.65. The lowest BCUT2D eigenvalue weighted by atomic mass is 10.2. The summed E-state index contributed by atoms with van der Waals surface area (Å²) in [6, 6.07) is 0.